The van der Waals surface area contributed by atoms with Crippen molar-refractivity contribution >= 4 is 17.6 Å². The Labute approximate surface area is 98.2 Å². The van der Waals surface area contributed by atoms with Gasteiger partial charge in [0.1, 0.15) is 11.4 Å². The minimum absolute atomic E-state index is 0.376. The molecule has 2 heterocycles. The van der Waals surface area contributed by atoms with Crippen LogP contribution in [-0.4, -0.2) is 27.8 Å². The number of pyridine rings is 1. The standard InChI is InChI=1S/C11H12N4O2/c1-15-7-5-9(14-15)13-10-8(11(16)17-2)4-3-6-12-10/h3-7H,1-2H3,(H,12,13,14). The first-order chi connectivity index (χ1) is 8.20. The van der Waals surface area contributed by atoms with Gasteiger partial charge in [-0.1, -0.05) is 0 Å². The van der Waals surface area contributed by atoms with E-state index in [-0.39, 0.29) is 0 Å². The molecular formula is C11H12N4O2. The van der Waals surface area contributed by atoms with Gasteiger partial charge in [-0.3, -0.25) is 4.68 Å². The number of carbonyl (C=O) groups is 1. The summed E-state index contributed by atoms with van der Waals surface area (Å²) in [7, 11) is 3.14. The summed E-state index contributed by atoms with van der Waals surface area (Å²) < 4.78 is 6.33. The van der Waals surface area contributed by atoms with E-state index in [1.54, 1.807) is 35.3 Å². The van der Waals surface area contributed by atoms with E-state index >= 15 is 0 Å². The second kappa shape index (κ2) is 4.65. The SMILES string of the molecule is COC(=O)c1cccnc1Nc1ccn(C)n1. The highest BCUT2D eigenvalue weighted by Crippen LogP contribution is 2.17. The van der Waals surface area contributed by atoms with Gasteiger partial charge in [-0.25, -0.2) is 9.78 Å². The fraction of sp³-hybridized carbons (Fsp3) is 0.182. The molecule has 2 rings (SSSR count). The lowest BCUT2D eigenvalue weighted by atomic mass is 10.2. The summed E-state index contributed by atoms with van der Waals surface area (Å²) in [4.78, 5) is 15.6. The normalized spacial score (nSPS) is 10.0. The van der Waals surface area contributed by atoms with Crippen LogP contribution in [0, 0.1) is 0 Å². The number of aromatic nitrogens is 3. The number of nitrogens with one attached hydrogen (secondary N) is 1. The fourth-order valence-electron chi connectivity index (χ4n) is 1.38. The van der Waals surface area contributed by atoms with Crippen LogP contribution in [0.1, 0.15) is 10.4 Å². The van der Waals surface area contributed by atoms with Crippen LogP contribution in [0.5, 0.6) is 0 Å². The van der Waals surface area contributed by atoms with Crippen LogP contribution >= 0.6 is 0 Å². The van der Waals surface area contributed by atoms with Gasteiger partial charge in [0.05, 0.1) is 7.11 Å². The van der Waals surface area contributed by atoms with Crippen LogP contribution in [0.2, 0.25) is 0 Å². The van der Waals surface area contributed by atoms with Gasteiger partial charge >= 0.3 is 5.97 Å². The molecule has 0 saturated heterocycles. The summed E-state index contributed by atoms with van der Waals surface area (Å²) in [6.07, 6.45) is 3.39. The largest absolute Gasteiger partial charge is 0.465 e. The van der Waals surface area contributed by atoms with Crippen LogP contribution in [0.4, 0.5) is 11.6 Å². The quantitative estimate of drug-likeness (QED) is 0.809. The molecule has 0 fully saturated rings. The summed E-state index contributed by atoms with van der Waals surface area (Å²) in [5.41, 5.74) is 0.376. The van der Waals surface area contributed by atoms with E-state index in [0.717, 1.165) is 0 Å². The number of methoxy groups -OCH3 is 1. The van der Waals surface area contributed by atoms with Gasteiger partial charge in [0.15, 0.2) is 5.82 Å². The Bertz CT molecular complexity index is 536. The molecule has 0 aromatic carbocycles. The number of hydrogen-bond acceptors (Lipinski definition) is 5. The number of esters is 1. The summed E-state index contributed by atoms with van der Waals surface area (Å²) in [5, 5.41) is 7.11. The Morgan fingerprint density at radius 2 is 2.29 bits per heavy atom. The molecule has 17 heavy (non-hydrogen) atoms. The minimum atomic E-state index is -0.434. The molecule has 0 aliphatic heterocycles. The lowest BCUT2D eigenvalue weighted by Gasteiger charge is -2.06. The van der Waals surface area contributed by atoms with Crippen molar-refractivity contribution in [2.75, 3.05) is 12.4 Å². The van der Waals surface area contributed by atoms with Gasteiger partial charge in [-0.05, 0) is 12.1 Å². The van der Waals surface area contributed by atoms with Crippen LogP contribution < -0.4 is 5.32 Å². The third-order valence-electron chi connectivity index (χ3n) is 2.17. The van der Waals surface area contributed by atoms with Crippen molar-refractivity contribution in [1.82, 2.24) is 14.8 Å². The van der Waals surface area contributed by atoms with Crippen LogP contribution in [-0.2, 0) is 11.8 Å². The molecule has 0 amide bonds. The maximum absolute atomic E-state index is 11.5. The first kappa shape index (κ1) is 11.1. The van der Waals surface area contributed by atoms with E-state index in [2.05, 4.69) is 20.1 Å². The molecule has 1 N–H and O–H groups in total. The first-order valence-electron chi connectivity index (χ1n) is 5.00. The molecule has 0 spiro atoms. The van der Waals surface area contributed by atoms with Gasteiger partial charge in [0.2, 0.25) is 0 Å². The van der Waals surface area contributed by atoms with E-state index in [4.69, 9.17) is 0 Å². The summed E-state index contributed by atoms with van der Waals surface area (Å²) in [5.74, 6) is 0.617. The van der Waals surface area contributed by atoms with Crippen molar-refractivity contribution in [2.24, 2.45) is 7.05 Å². The van der Waals surface area contributed by atoms with E-state index < -0.39 is 5.97 Å². The molecule has 6 nitrogen and oxygen atoms in total. The predicted molar refractivity (Wildman–Crippen MR) is 62.1 cm³/mol. The molecule has 6 heteroatoms. The van der Waals surface area contributed by atoms with E-state index in [1.807, 2.05) is 7.05 Å². The van der Waals surface area contributed by atoms with Crippen molar-refractivity contribution < 1.29 is 9.53 Å². The highest BCUT2D eigenvalue weighted by molar-refractivity contribution is 5.95. The average molecular weight is 232 g/mol. The monoisotopic (exact) mass is 232 g/mol. The molecule has 2 aromatic heterocycles. The Kier molecular flexibility index (Phi) is 3.04. The van der Waals surface area contributed by atoms with E-state index in [9.17, 15) is 4.79 Å². The smallest absolute Gasteiger partial charge is 0.341 e. The lowest BCUT2D eigenvalue weighted by Crippen LogP contribution is -2.07. The Hall–Kier alpha value is -2.37. The highest BCUT2D eigenvalue weighted by atomic mass is 16.5. The molecule has 2 aromatic rings. The Morgan fingerprint density at radius 3 is 2.94 bits per heavy atom. The fourth-order valence-corrected chi connectivity index (χ4v) is 1.38. The Morgan fingerprint density at radius 1 is 1.47 bits per heavy atom. The maximum atomic E-state index is 11.5. The van der Waals surface area contributed by atoms with Crippen LogP contribution in [0.25, 0.3) is 0 Å². The zero-order valence-corrected chi connectivity index (χ0v) is 9.54. The number of ether oxygens (including phenoxy) is 1. The van der Waals surface area contributed by atoms with E-state index in [0.29, 0.717) is 17.2 Å². The topological polar surface area (TPSA) is 69.0 Å². The molecule has 88 valence electrons. The molecule has 0 bridgehead atoms. The number of hydrogen-bond donors (Lipinski definition) is 1. The number of rotatable bonds is 3. The van der Waals surface area contributed by atoms with Crippen molar-refractivity contribution in [1.29, 1.82) is 0 Å². The Balaban J connectivity index is 2.29. The lowest BCUT2D eigenvalue weighted by molar-refractivity contribution is 0.0601. The average Bonchev–Trinajstić information content (AvgIpc) is 2.74. The van der Waals surface area contributed by atoms with Gasteiger partial charge in [-0.15, -0.1) is 0 Å². The second-order valence-corrected chi connectivity index (χ2v) is 3.39. The number of carbonyl (C=O) groups excluding carboxylic acids is 1. The third-order valence-corrected chi connectivity index (χ3v) is 2.17. The molecule has 0 saturated carbocycles. The predicted octanol–water partition coefficient (Wildman–Crippen LogP) is 1.35. The van der Waals surface area contributed by atoms with Crippen molar-refractivity contribution in [3.8, 4) is 0 Å². The molecule has 0 unspecified atom stereocenters. The van der Waals surface area contributed by atoms with Gasteiger partial charge in [0.25, 0.3) is 0 Å². The number of nitrogens with zero attached hydrogens (tertiary/aromatic N) is 3. The zero-order valence-electron chi connectivity index (χ0n) is 9.54. The van der Waals surface area contributed by atoms with Gasteiger partial charge < -0.3 is 10.1 Å². The van der Waals surface area contributed by atoms with Gasteiger partial charge in [-0.2, -0.15) is 5.10 Å². The zero-order chi connectivity index (χ0) is 12.3. The molecule has 0 atom stereocenters. The van der Waals surface area contributed by atoms with Crippen molar-refractivity contribution in [3.63, 3.8) is 0 Å². The van der Waals surface area contributed by atoms with Crippen LogP contribution in [0.3, 0.4) is 0 Å². The molecule has 0 aliphatic carbocycles. The van der Waals surface area contributed by atoms with Crippen molar-refractivity contribution in [2.45, 2.75) is 0 Å². The molecule has 0 radical (unpaired) electrons. The third kappa shape index (κ3) is 2.41. The summed E-state index contributed by atoms with van der Waals surface area (Å²) in [6, 6.07) is 5.11. The maximum Gasteiger partial charge on any atom is 0.341 e. The summed E-state index contributed by atoms with van der Waals surface area (Å²) in [6.45, 7) is 0. The number of aryl methyl sites for hydroxylation is 1. The first-order valence-corrected chi connectivity index (χ1v) is 5.00. The molecular weight excluding hydrogens is 220 g/mol. The highest BCUT2D eigenvalue weighted by Gasteiger charge is 2.12. The van der Waals surface area contributed by atoms with Gasteiger partial charge in [0, 0.05) is 25.5 Å². The minimum Gasteiger partial charge on any atom is -0.465 e. The number of anilines is 2. The molecule has 0 aliphatic rings. The van der Waals surface area contributed by atoms with E-state index in [1.165, 1.54) is 7.11 Å². The second-order valence-electron chi connectivity index (χ2n) is 3.39. The summed E-state index contributed by atoms with van der Waals surface area (Å²) >= 11 is 0. The van der Waals surface area contributed by atoms with Crippen molar-refractivity contribution in [3.05, 3.63) is 36.2 Å². The van der Waals surface area contributed by atoms with Crippen LogP contribution in [0.15, 0.2) is 30.6 Å².